The van der Waals surface area contributed by atoms with Crippen LogP contribution < -0.4 is 28.3 Å². The Balaban J connectivity index is 1.54. The van der Waals surface area contributed by atoms with Crippen molar-refractivity contribution in [2.75, 3.05) is 45.8 Å². The number of unbranched alkanes of at least 4 members (excludes halogenated alkanes) is 3. The lowest BCUT2D eigenvalue weighted by Gasteiger charge is -2.32. The van der Waals surface area contributed by atoms with Gasteiger partial charge in [0.15, 0.2) is 0 Å². The molecule has 0 fully saturated rings. The van der Waals surface area contributed by atoms with Crippen molar-refractivity contribution in [2.24, 2.45) is 22.9 Å². The Morgan fingerprint density at radius 2 is 1.04 bits per heavy atom. The van der Waals surface area contributed by atoms with Crippen molar-refractivity contribution in [1.29, 1.82) is 0 Å². The van der Waals surface area contributed by atoms with Gasteiger partial charge in [-0.2, -0.15) is 0 Å². The smallest absolute Gasteiger partial charge is 0.245 e. The molecule has 0 bridgehead atoms. The van der Waals surface area contributed by atoms with Crippen molar-refractivity contribution >= 4 is 57.0 Å². The summed E-state index contributed by atoms with van der Waals surface area (Å²) in [6, 6.07) is 32.7. The summed E-state index contributed by atoms with van der Waals surface area (Å²) >= 11 is 0. The minimum absolute atomic E-state index is 0.00975. The number of hydrogen-bond acceptors (Lipinski definition) is 9. The van der Waals surface area contributed by atoms with Crippen LogP contribution in [0.25, 0.3) is 21.5 Å². The fourth-order valence-corrected chi connectivity index (χ4v) is 8.37. The van der Waals surface area contributed by atoms with E-state index in [9.17, 15) is 19.2 Å². The average Bonchev–Trinajstić information content (AvgIpc) is 3.34. The number of carbonyl (C=O) groups is 6. The minimum atomic E-state index is -1.03. The molecule has 5 aromatic carbocycles. The monoisotopic (exact) mass is 942 g/mol. The molecule has 9 N–H and O–H groups in total. The van der Waals surface area contributed by atoms with Crippen LogP contribution in [0.3, 0.4) is 0 Å². The SMILES string of the molecule is CCCCN(CC(N)=O)C(=O)CN(Cc1cccc2ccccc12)C(=O)CN(Cc1ccc(C)cc1)C(=O)CN(Cc1cccc2ccccc12)C(=O)[C@H](CCCCN)NC(=O)[C@@H](N)CCCCN. The van der Waals surface area contributed by atoms with Crippen LogP contribution in [-0.4, -0.2) is 113 Å². The van der Waals surface area contributed by atoms with Crippen molar-refractivity contribution < 1.29 is 28.8 Å². The molecule has 0 aliphatic heterocycles. The first-order valence-corrected chi connectivity index (χ1v) is 24.2. The van der Waals surface area contributed by atoms with E-state index in [1.807, 2.05) is 123 Å². The first-order valence-electron chi connectivity index (χ1n) is 24.2. The second-order valence-corrected chi connectivity index (χ2v) is 17.8. The summed E-state index contributed by atoms with van der Waals surface area (Å²) in [7, 11) is 0. The zero-order chi connectivity index (χ0) is 49.7. The van der Waals surface area contributed by atoms with Crippen molar-refractivity contribution in [3.63, 3.8) is 0 Å². The number of aryl methyl sites for hydroxylation is 1. The number of hydrogen-bond donors (Lipinski definition) is 5. The topological polar surface area (TPSA) is 231 Å². The van der Waals surface area contributed by atoms with Gasteiger partial charge in [-0.25, -0.2) is 0 Å². The predicted octanol–water partition coefficient (Wildman–Crippen LogP) is 4.87. The average molecular weight is 942 g/mol. The standard InChI is InChI=1S/C54H71N9O6/c1-3-4-31-60(35-49(58)64)50(65)36-62(33-43-19-13-17-41-15-5-7-21-45(41)43)51(66)37-61(32-40-27-25-39(2)26-28-40)52(67)38-63(34-44-20-14-18-42-16-6-8-22-46(42)44)54(69)48(24-10-12-30-56)59-53(68)47(57)23-9-11-29-55/h5-8,13-22,25-28,47-48H,3-4,9-12,23-24,29-38,55-57H2,1-2H3,(H2,58,64)(H,59,68)/t47-,48-/m0/s1. The molecule has 15 nitrogen and oxygen atoms in total. The number of fused-ring (bicyclic) bond motifs is 2. The molecule has 5 aromatic rings. The van der Waals surface area contributed by atoms with Crippen molar-refractivity contribution in [3.8, 4) is 0 Å². The molecular formula is C54H71N9O6. The number of carbonyl (C=O) groups excluding carboxylic acids is 6. The molecule has 0 aliphatic carbocycles. The lowest BCUT2D eigenvalue weighted by Crippen LogP contribution is -2.54. The van der Waals surface area contributed by atoms with Crippen LogP contribution in [0.5, 0.6) is 0 Å². The number of rotatable bonds is 28. The lowest BCUT2D eigenvalue weighted by atomic mass is 10.0. The summed E-state index contributed by atoms with van der Waals surface area (Å²) in [6.45, 7) is 3.53. The normalized spacial score (nSPS) is 12.0. The molecule has 0 spiro atoms. The van der Waals surface area contributed by atoms with Gasteiger partial charge in [-0.3, -0.25) is 28.8 Å². The van der Waals surface area contributed by atoms with Crippen molar-refractivity contribution in [3.05, 3.63) is 131 Å². The Morgan fingerprint density at radius 3 is 1.59 bits per heavy atom. The maximum atomic E-state index is 15.1. The van der Waals surface area contributed by atoms with E-state index in [4.69, 9.17) is 22.9 Å². The molecule has 69 heavy (non-hydrogen) atoms. The molecule has 0 saturated carbocycles. The van der Waals surface area contributed by atoms with E-state index < -0.39 is 60.6 Å². The first kappa shape index (κ1) is 53.3. The highest BCUT2D eigenvalue weighted by Gasteiger charge is 2.32. The quantitative estimate of drug-likeness (QED) is 0.0430. The molecule has 368 valence electrons. The molecule has 0 heterocycles. The lowest BCUT2D eigenvalue weighted by molar-refractivity contribution is -0.148. The Morgan fingerprint density at radius 1 is 0.551 bits per heavy atom. The zero-order valence-corrected chi connectivity index (χ0v) is 40.3. The van der Waals surface area contributed by atoms with Gasteiger partial charge >= 0.3 is 0 Å². The Kier molecular flexibility index (Phi) is 21.1. The van der Waals surface area contributed by atoms with Gasteiger partial charge in [0.25, 0.3) is 0 Å². The highest BCUT2D eigenvalue weighted by molar-refractivity contribution is 5.95. The van der Waals surface area contributed by atoms with Crippen LogP contribution in [0.1, 0.15) is 80.5 Å². The highest BCUT2D eigenvalue weighted by atomic mass is 16.2. The van der Waals surface area contributed by atoms with E-state index in [0.717, 1.165) is 50.2 Å². The molecule has 6 amide bonds. The molecule has 0 aliphatic rings. The number of benzene rings is 5. The fraction of sp³-hybridized carbons (Fsp3) is 0.407. The maximum absolute atomic E-state index is 15.1. The first-order chi connectivity index (χ1) is 33.3. The maximum Gasteiger partial charge on any atom is 0.245 e. The fourth-order valence-electron chi connectivity index (χ4n) is 8.37. The van der Waals surface area contributed by atoms with Gasteiger partial charge < -0.3 is 47.9 Å². The van der Waals surface area contributed by atoms with Gasteiger partial charge in [0.05, 0.1) is 12.6 Å². The Bertz CT molecular complexity index is 2490. The summed E-state index contributed by atoms with van der Waals surface area (Å²) in [4.78, 5) is 90.5. The van der Waals surface area contributed by atoms with Crippen molar-refractivity contribution in [1.82, 2.24) is 24.9 Å². The van der Waals surface area contributed by atoms with Gasteiger partial charge in [0.1, 0.15) is 25.7 Å². The number of nitrogens with two attached hydrogens (primary N) is 4. The van der Waals surface area contributed by atoms with E-state index in [1.165, 1.54) is 19.6 Å². The van der Waals surface area contributed by atoms with Crippen LogP contribution in [0.15, 0.2) is 109 Å². The number of nitrogens with one attached hydrogen (secondary N) is 1. The van der Waals surface area contributed by atoms with E-state index in [-0.39, 0.29) is 45.7 Å². The van der Waals surface area contributed by atoms with Crippen LogP contribution in [-0.2, 0) is 48.4 Å². The Labute approximate surface area is 406 Å². The van der Waals surface area contributed by atoms with Gasteiger partial charge in [0, 0.05) is 26.2 Å². The molecular weight excluding hydrogens is 871 g/mol. The van der Waals surface area contributed by atoms with E-state index in [1.54, 1.807) is 0 Å². The minimum Gasteiger partial charge on any atom is -0.368 e. The second kappa shape index (κ2) is 27.3. The molecule has 15 heteroatoms. The number of primary amides is 1. The van der Waals surface area contributed by atoms with Gasteiger partial charge in [-0.1, -0.05) is 135 Å². The summed E-state index contributed by atoms with van der Waals surface area (Å²) in [5.74, 6) is -3.14. The van der Waals surface area contributed by atoms with E-state index in [2.05, 4.69) is 5.32 Å². The van der Waals surface area contributed by atoms with Gasteiger partial charge in [-0.05, 0) is 96.8 Å². The third-order valence-corrected chi connectivity index (χ3v) is 12.3. The zero-order valence-electron chi connectivity index (χ0n) is 40.3. The van der Waals surface area contributed by atoms with Crippen LogP contribution in [0.4, 0.5) is 0 Å². The summed E-state index contributed by atoms with van der Waals surface area (Å²) in [6.07, 6.45) is 4.51. The van der Waals surface area contributed by atoms with E-state index >= 15 is 9.59 Å². The molecule has 0 saturated heterocycles. The largest absolute Gasteiger partial charge is 0.368 e. The van der Waals surface area contributed by atoms with Crippen LogP contribution in [0.2, 0.25) is 0 Å². The molecule has 0 radical (unpaired) electrons. The predicted molar refractivity (Wildman–Crippen MR) is 272 cm³/mol. The number of nitrogens with zero attached hydrogens (tertiary/aromatic N) is 4. The summed E-state index contributed by atoms with van der Waals surface area (Å²) in [5, 5.41) is 6.59. The summed E-state index contributed by atoms with van der Waals surface area (Å²) in [5.41, 5.74) is 26.8. The van der Waals surface area contributed by atoms with E-state index in [0.29, 0.717) is 51.6 Å². The Hall–Kier alpha value is -6.68. The molecule has 2 atom stereocenters. The third kappa shape index (κ3) is 16.2. The van der Waals surface area contributed by atoms with Crippen molar-refractivity contribution in [2.45, 2.75) is 96.9 Å². The summed E-state index contributed by atoms with van der Waals surface area (Å²) < 4.78 is 0. The van der Waals surface area contributed by atoms with Gasteiger partial charge in [-0.15, -0.1) is 0 Å². The second-order valence-electron chi connectivity index (χ2n) is 17.8. The highest BCUT2D eigenvalue weighted by Crippen LogP contribution is 2.23. The third-order valence-electron chi connectivity index (χ3n) is 12.3. The molecule has 0 aromatic heterocycles. The molecule has 5 rings (SSSR count). The van der Waals surface area contributed by atoms with Crippen LogP contribution >= 0.6 is 0 Å². The number of amides is 6. The van der Waals surface area contributed by atoms with Crippen LogP contribution in [0, 0.1) is 6.92 Å². The van der Waals surface area contributed by atoms with Gasteiger partial charge in [0.2, 0.25) is 35.4 Å². The molecule has 0 unspecified atom stereocenters.